The van der Waals surface area contributed by atoms with Crippen molar-refractivity contribution in [3.63, 3.8) is 0 Å². The van der Waals surface area contributed by atoms with E-state index in [0.717, 1.165) is 6.54 Å². The normalized spacial score (nSPS) is 11.6. The molecule has 0 aromatic carbocycles. The van der Waals surface area contributed by atoms with Crippen LogP contribution in [0.2, 0.25) is 0 Å². The smallest absolute Gasteiger partial charge is 0.157 e. The Kier molecular flexibility index (Phi) is 4.79. The van der Waals surface area contributed by atoms with Crippen molar-refractivity contribution in [2.24, 2.45) is 0 Å². The molecule has 0 bridgehead atoms. The first-order chi connectivity index (χ1) is 7.57. The summed E-state index contributed by atoms with van der Waals surface area (Å²) >= 11 is 0. The van der Waals surface area contributed by atoms with Crippen LogP contribution in [0.15, 0.2) is 12.4 Å². The van der Waals surface area contributed by atoms with E-state index in [1.807, 2.05) is 6.92 Å². The number of aromatic nitrogens is 2. The maximum absolute atomic E-state index is 11.2. The van der Waals surface area contributed by atoms with Crippen molar-refractivity contribution in [3.8, 4) is 5.75 Å². The van der Waals surface area contributed by atoms with Crippen molar-refractivity contribution in [2.45, 2.75) is 26.8 Å². The molecule has 1 aromatic rings. The van der Waals surface area contributed by atoms with Crippen LogP contribution in [0.1, 0.15) is 20.3 Å². The molecule has 0 amide bonds. The molecule has 16 heavy (non-hydrogen) atoms. The van der Waals surface area contributed by atoms with E-state index in [-0.39, 0.29) is 11.5 Å². The zero-order chi connectivity index (χ0) is 12.0. The van der Waals surface area contributed by atoms with Crippen molar-refractivity contribution in [3.05, 3.63) is 12.4 Å². The molecule has 0 saturated carbocycles. The first kappa shape index (κ1) is 13.0. The van der Waals surface area contributed by atoms with Gasteiger partial charge in [0, 0.05) is 12.3 Å². The van der Waals surface area contributed by atoms with Gasteiger partial charge in [0.25, 0.3) is 0 Å². The zero-order valence-electron chi connectivity index (χ0n) is 9.72. The number of ether oxygens (including phenoxy) is 1. The van der Waals surface area contributed by atoms with Crippen LogP contribution in [0.5, 0.6) is 5.75 Å². The van der Waals surface area contributed by atoms with Crippen molar-refractivity contribution in [2.75, 3.05) is 18.1 Å². The lowest BCUT2D eigenvalue weighted by Crippen LogP contribution is -2.11. The second kappa shape index (κ2) is 5.89. The van der Waals surface area contributed by atoms with Crippen molar-refractivity contribution in [1.82, 2.24) is 9.78 Å². The lowest BCUT2D eigenvalue weighted by molar-refractivity contribution is 0.317. The van der Waals surface area contributed by atoms with Gasteiger partial charge in [0.1, 0.15) is 9.84 Å². The third kappa shape index (κ3) is 4.22. The summed E-state index contributed by atoms with van der Waals surface area (Å²) in [5.41, 5.74) is 0. The Morgan fingerprint density at radius 1 is 1.44 bits per heavy atom. The van der Waals surface area contributed by atoms with E-state index in [2.05, 4.69) is 5.10 Å². The summed E-state index contributed by atoms with van der Waals surface area (Å²) in [5.74, 6) is 1.07. The summed E-state index contributed by atoms with van der Waals surface area (Å²) in [6.07, 6.45) is 3.96. The fourth-order valence-electron chi connectivity index (χ4n) is 1.21. The molecule has 0 spiro atoms. The van der Waals surface area contributed by atoms with Crippen LogP contribution in [0, 0.1) is 0 Å². The number of hydrogen-bond acceptors (Lipinski definition) is 4. The van der Waals surface area contributed by atoms with E-state index in [9.17, 15) is 8.42 Å². The lowest BCUT2D eigenvalue weighted by atomic mass is 10.5. The van der Waals surface area contributed by atoms with Crippen LogP contribution in [0.25, 0.3) is 0 Å². The molecular formula is C10H18N2O3S. The average molecular weight is 246 g/mol. The molecular weight excluding hydrogens is 228 g/mol. The molecule has 0 radical (unpaired) electrons. The molecule has 0 aliphatic carbocycles. The molecule has 0 unspecified atom stereocenters. The van der Waals surface area contributed by atoms with Crippen molar-refractivity contribution < 1.29 is 13.2 Å². The summed E-state index contributed by atoms with van der Waals surface area (Å²) in [6.45, 7) is 4.86. The largest absolute Gasteiger partial charge is 0.490 e. The van der Waals surface area contributed by atoms with Gasteiger partial charge in [-0.15, -0.1) is 0 Å². The Labute approximate surface area is 96.3 Å². The first-order valence-electron chi connectivity index (χ1n) is 5.43. The highest BCUT2D eigenvalue weighted by atomic mass is 32.2. The fourth-order valence-corrected chi connectivity index (χ4v) is 2.05. The van der Waals surface area contributed by atoms with E-state index >= 15 is 0 Å². The number of sulfone groups is 1. The first-order valence-corrected chi connectivity index (χ1v) is 7.25. The van der Waals surface area contributed by atoms with Crippen molar-refractivity contribution in [1.29, 1.82) is 0 Å². The highest BCUT2D eigenvalue weighted by Gasteiger charge is 2.06. The quantitative estimate of drug-likeness (QED) is 0.676. The minimum Gasteiger partial charge on any atom is -0.490 e. The predicted octanol–water partition coefficient (Wildman–Crippen LogP) is 1.11. The molecule has 0 fully saturated rings. The number of hydrogen-bond donors (Lipinski definition) is 0. The summed E-state index contributed by atoms with van der Waals surface area (Å²) < 4.78 is 29.5. The molecule has 0 N–H and O–H groups in total. The van der Waals surface area contributed by atoms with E-state index in [0.29, 0.717) is 18.8 Å². The monoisotopic (exact) mass is 246 g/mol. The molecule has 92 valence electrons. The summed E-state index contributed by atoms with van der Waals surface area (Å²) in [5, 5.41) is 4.05. The van der Waals surface area contributed by atoms with Gasteiger partial charge in [0.15, 0.2) is 5.75 Å². The van der Waals surface area contributed by atoms with Gasteiger partial charge in [-0.2, -0.15) is 5.10 Å². The highest BCUT2D eigenvalue weighted by Crippen LogP contribution is 2.08. The number of aryl methyl sites for hydroxylation is 1. The Morgan fingerprint density at radius 3 is 2.75 bits per heavy atom. The maximum atomic E-state index is 11.2. The van der Waals surface area contributed by atoms with Gasteiger partial charge >= 0.3 is 0 Å². The Hall–Kier alpha value is -1.04. The Morgan fingerprint density at radius 2 is 2.19 bits per heavy atom. The summed E-state index contributed by atoms with van der Waals surface area (Å²) in [7, 11) is -2.87. The standard InChI is InChI=1S/C10H18N2O3S/c1-3-12-9-10(8-11-12)15-6-5-7-16(13,14)4-2/h8-9H,3-7H2,1-2H3. The number of rotatable bonds is 7. The molecule has 0 aliphatic rings. The van der Waals surface area contributed by atoms with Crippen LogP contribution in [-0.2, 0) is 16.4 Å². The van der Waals surface area contributed by atoms with Gasteiger partial charge in [-0.1, -0.05) is 6.92 Å². The molecule has 6 heteroatoms. The molecule has 1 heterocycles. The third-order valence-corrected chi connectivity index (χ3v) is 4.03. The molecule has 0 aliphatic heterocycles. The van der Waals surface area contributed by atoms with Gasteiger partial charge in [0.05, 0.1) is 24.8 Å². The lowest BCUT2D eigenvalue weighted by Gasteiger charge is -2.03. The van der Waals surface area contributed by atoms with Crippen LogP contribution in [-0.4, -0.2) is 36.3 Å². The molecule has 5 nitrogen and oxygen atoms in total. The minimum atomic E-state index is -2.87. The zero-order valence-corrected chi connectivity index (χ0v) is 10.5. The van der Waals surface area contributed by atoms with E-state index in [1.165, 1.54) is 0 Å². The SMILES string of the molecule is CCn1cc(OCCCS(=O)(=O)CC)cn1. The van der Waals surface area contributed by atoms with Crippen LogP contribution in [0.3, 0.4) is 0 Å². The van der Waals surface area contributed by atoms with Gasteiger partial charge < -0.3 is 4.74 Å². The summed E-state index contributed by atoms with van der Waals surface area (Å²) in [4.78, 5) is 0. The van der Waals surface area contributed by atoms with Crippen molar-refractivity contribution >= 4 is 9.84 Å². The Bertz CT molecular complexity index is 411. The second-order valence-corrected chi connectivity index (χ2v) is 5.94. The minimum absolute atomic E-state index is 0.186. The molecule has 1 rings (SSSR count). The maximum Gasteiger partial charge on any atom is 0.157 e. The third-order valence-electron chi connectivity index (χ3n) is 2.24. The molecule has 0 atom stereocenters. The van der Waals surface area contributed by atoms with E-state index in [1.54, 1.807) is 24.0 Å². The summed E-state index contributed by atoms with van der Waals surface area (Å²) in [6, 6.07) is 0. The Balaban J connectivity index is 2.26. The van der Waals surface area contributed by atoms with E-state index in [4.69, 9.17) is 4.74 Å². The van der Waals surface area contributed by atoms with Crippen LogP contribution >= 0.6 is 0 Å². The average Bonchev–Trinajstić information content (AvgIpc) is 2.72. The number of nitrogens with zero attached hydrogens (tertiary/aromatic N) is 2. The van der Waals surface area contributed by atoms with Gasteiger partial charge in [-0.05, 0) is 13.3 Å². The highest BCUT2D eigenvalue weighted by molar-refractivity contribution is 7.91. The van der Waals surface area contributed by atoms with Crippen LogP contribution in [0.4, 0.5) is 0 Å². The molecule has 0 saturated heterocycles. The van der Waals surface area contributed by atoms with Gasteiger partial charge in [-0.25, -0.2) is 8.42 Å². The van der Waals surface area contributed by atoms with Crippen LogP contribution < -0.4 is 4.74 Å². The molecule has 1 aromatic heterocycles. The van der Waals surface area contributed by atoms with E-state index < -0.39 is 9.84 Å². The van der Waals surface area contributed by atoms with Gasteiger partial charge in [-0.3, -0.25) is 4.68 Å². The van der Waals surface area contributed by atoms with Gasteiger partial charge in [0.2, 0.25) is 0 Å². The topological polar surface area (TPSA) is 61.2 Å². The second-order valence-electron chi connectivity index (χ2n) is 3.47. The fraction of sp³-hybridized carbons (Fsp3) is 0.700. The predicted molar refractivity (Wildman–Crippen MR) is 62.3 cm³/mol.